The molecule has 2 aromatic heterocycles. The van der Waals surface area contributed by atoms with E-state index in [0.717, 1.165) is 0 Å². The molecule has 0 spiro atoms. The van der Waals surface area contributed by atoms with Gasteiger partial charge >= 0.3 is 0 Å². The van der Waals surface area contributed by atoms with Crippen LogP contribution >= 0.6 is 15.9 Å². The number of rotatable bonds is 2. The first-order valence-corrected chi connectivity index (χ1v) is 4.81. The number of ketones is 1. The van der Waals surface area contributed by atoms with Crippen molar-refractivity contribution in [3.63, 3.8) is 0 Å². The van der Waals surface area contributed by atoms with Crippen molar-refractivity contribution >= 4 is 21.7 Å². The van der Waals surface area contributed by atoms with Crippen molar-refractivity contribution < 1.29 is 13.6 Å². The third-order valence-electron chi connectivity index (χ3n) is 1.93. The van der Waals surface area contributed by atoms with Gasteiger partial charge in [-0.3, -0.25) is 4.79 Å². The third-order valence-corrected chi connectivity index (χ3v) is 2.55. The molecule has 2 heterocycles. The lowest BCUT2D eigenvalue weighted by atomic mass is 10.1. The van der Waals surface area contributed by atoms with E-state index in [2.05, 4.69) is 15.9 Å². The molecule has 14 heavy (non-hydrogen) atoms. The summed E-state index contributed by atoms with van der Waals surface area (Å²) in [6.45, 7) is 1.74. The number of carbonyl (C=O) groups is 1. The number of hydrogen-bond acceptors (Lipinski definition) is 3. The average molecular weight is 255 g/mol. The van der Waals surface area contributed by atoms with Gasteiger partial charge in [-0.1, -0.05) is 0 Å². The molecule has 0 fully saturated rings. The zero-order valence-electron chi connectivity index (χ0n) is 7.41. The van der Waals surface area contributed by atoms with E-state index in [0.29, 0.717) is 21.6 Å². The second kappa shape index (κ2) is 3.46. The highest BCUT2D eigenvalue weighted by atomic mass is 79.9. The second-order valence-corrected chi connectivity index (χ2v) is 3.67. The van der Waals surface area contributed by atoms with Crippen LogP contribution in [0.1, 0.15) is 21.9 Å². The van der Waals surface area contributed by atoms with Crippen molar-refractivity contribution in [3.8, 4) is 0 Å². The Hall–Kier alpha value is -1.29. The maximum absolute atomic E-state index is 11.8. The highest BCUT2D eigenvalue weighted by Gasteiger charge is 2.19. The third kappa shape index (κ3) is 1.42. The maximum Gasteiger partial charge on any atom is 0.232 e. The molecule has 0 saturated heterocycles. The fourth-order valence-electron chi connectivity index (χ4n) is 1.20. The molecule has 4 heteroatoms. The van der Waals surface area contributed by atoms with E-state index in [9.17, 15) is 4.79 Å². The van der Waals surface area contributed by atoms with Crippen LogP contribution in [-0.2, 0) is 0 Å². The Kier molecular flexibility index (Phi) is 2.29. The summed E-state index contributed by atoms with van der Waals surface area (Å²) in [5, 5.41) is 0. The SMILES string of the molecule is Cc1occc1C(=O)c1occc1Br. The molecule has 0 aliphatic heterocycles. The van der Waals surface area contributed by atoms with Crippen LogP contribution in [0.5, 0.6) is 0 Å². The van der Waals surface area contributed by atoms with Crippen LogP contribution in [-0.4, -0.2) is 5.78 Å². The molecule has 0 saturated carbocycles. The molecule has 0 aliphatic rings. The van der Waals surface area contributed by atoms with Gasteiger partial charge in [-0.15, -0.1) is 0 Å². The van der Waals surface area contributed by atoms with Gasteiger partial charge < -0.3 is 8.83 Å². The summed E-state index contributed by atoms with van der Waals surface area (Å²) in [5.74, 6) is 0.723. The molecule has 72 valence electrons. The fourth-order valence-corrected chi connectivity index (χ4v) is 1.58. The second-order valence-electron chi connectivity index (χ2n) is 2.82. The summed E-state index contributed by atoms with van der Waals surface area (Å²) in [6.07, 6.45) is 2.95. The van der Waals surface area contributed by atoms with Gasteiger partial charge in [0.1, 0.15) is 5.76 Å². The van der Waals surface area contributed by atoms with Gasteiger partial charge in [0.15, 0.2) is 5.76 Å². The summed E-state index contributed by atoms with van der Waals surface area (Å²) in [7, 11) is 0. The Morgan fingerprint density at radius 3 is 2.50 bits per heavy atom. The van der Waals surface area contributed by atoms with E-state index in [1.165, 1.54) is 12.5 Å². The molecule has 3 nitrogen and oxygen atoms in total. The smallest absolute Gasteiger partial charge is 0.232 e. The first kappa shape index (κ1) is 9.27. The number of halogens is 1. The molecule has 2 aromatic rings. The largest absolute Gasteiger partial charge is 0.469 e. The summed E-state index contributed by atoms with van der Waals surface area (Å²) >= 11 is 3.23. The number of hydrogen-bond donors (Lipinski definition) is 0. The van der Waals surface area contributed by atoms with Crippen LogP contribution in [0.3, 0.4) is 0 Å². The number of aryl methyl sites for hydroxylation is 1. The van der Waals surface area contributed by atoms with E-state index < -0.39 is 0 Å². The van der Waals surface area contributed by atoms with Gasteiger partial charge in [-0.25, -0.2) is 0 Å². The minimum atomic E-state index is -0.173. The van der Waals surface area contributed by atoms with Crippen LogP contribution in [0.2, 0.25) is 0 Å². The normalized spacial score (nSPS) is 10.4. The van der Waals surface area contributed by atoms with Crippen molar-refractivity contribution in [3.05, 3.63) is 46.2 Å². The van der Waals surface area contributed by atoms with Gasteiger partial charge in [0.25, 0.3) is 0 Å². The van der Waals surface area contributed by atoms with Crippen molar-refractivity contribution in [2.75, 3.05) is 0 Å². The summed E-state index contributed by atoms with van der Waals surface area (Å²) < 4.78 is 10.8. The zero-order chi connectivity index (χ0) is 10.1. The Balaban J connectivity index is 2.44. The molecule has 0 atom stereocenters. The summed E-state index contributed by atoms with van der Waals surface area (Å²) in [5.41, 5.74) is 0.528. The lowest BCUT2D eigenvalue weighted by molar-refractivity contribution is 0.101. The topological polar surface area (TPSA) is 43.4 Å². The van der Waals surface area contributed by atoms with Crippen LogP contribution in [0.4, 0.5) is 0 Å². The van der Waals surface area contributed by atoms with Crippen LogP contribution < -0.4 is 0 Å². The number of carbonyl (C=O) groups excluding carboxylic acids is 1. The van der Waals surface area contributed by atoms with Crippen molar-refractivity contribution in [2.45, 2.75) is 6.92 Å². The van der Waals surface area contributed by atoms with Crippen molar-refractivity contribution in [1.29, 1.82) is 0 Å². The highest BCUT2D eigenvalue weighted by Crippen LogP contribution is 2.22. The molecule has 0 amide bonds. The lowest BCUT2D eigenvalue weighted by Crippen LogP contribution is -2.00. The van der Waals surface area contributed by atoms with Gasteiger partial charge in [0.05, 0.1) is 22.6 Å². The van der Waals surface area contributed by atoms with Crippen molar-refractivity contribution in [1.82, 2.24) is 0 Å². The van der Waals surface area contributed by atoms with E-state index in [-0.39, 0.29) is 5.78 Å². The molecular formula is C10H7BrO3. The van der Waals surface area contributed by atoms with Gasteiger partial charge in [0, 0.05) is 0 Å². The van der Waals surface area contributed by atoms with Crippen LogP contribution in [0.25, 0.3) is 0 Å². The molecule has 0 aliphatic carbocycles. The Morgan fingerprint density at radius 1 is 1.29 bits per heavy atom. The molecule has 0 N–H and O–H groups in total. The summed E-state index contributed by atoms with van der Waals surface area (Å²) in [4.78, 5) is 11.8. The van der Waals surface area contributed by atoms with Crippen LogP contribution in [0, 0.1) is 6.92 Å². The number of furan rings is 2. The standard InChI is InChI=1S/C10H7BrO3/c1-6-7(2-4-13-6)9(12)10-8(11)3-5-14-10/h2-5H,1H3. The van der Waals surface area contributed by atoms with Crippen LogP contribution in [0.15, 0.2) is 38.0 Å². The molecule has 0 radical (unpaired) electrons. The van der Waals surface area contributed by atoms with Crippen molar-refractivity contribution in [2.24, 2.45) is 0 Å². The minimum absolute atomic E-state index is 0.173. The minimum Gasteiger partial charge on any atom is -0.469 e. The molecule has 2 rings (SSSR count). The first-order chi connectivity index (χ1) is 6.70. The molecule has 0 unspecified atom stereocenters. The Bertz CT molecular complexity index is 425. The van der Waals surface area contributed by atoms with Gasteiger partial charge in [0.2, 0.25) is 5.78 Å². The fraction of sp³-hybridized carbons (Fsp3) is 0.100. The molecule has 0 bridgehead atoms. The molecular weight excluding hydrogens is 248 g/mol. The predicted molar refractivity (Wildman–Crippen MR) is 53.3 cm³/mol. The lowest BCUT2D eigenvalue weighted by Gasteiger charge is -1.95. The quantitative estimate of drug-likeness (QED) is 0.774. The highest BCUT2D eigenvalue weighted by molar-refractivity contribution is 9.10. The summed E-state index contributed by atoms with van der Waals surface area (Å²) in [6, 6.07) is 3.31. The first-order valence-electron chi connectivity index (χ1n) is 4.02. The molecule has 0 aromatic carbocycles. The Labute approximate surface area is 88.8 Å². The maximum atomic E-state index is 11.8. The predicted octanol–water partition coefficient (Wildman–Crippen LogP) is 3.17. The van der Waals surface area contributed by atoms with E-state index in [1.54, 1.807) is 19.1 Å². The van der Waals surface area contributed by atoms with Gasteiger partial charge in [-0.05, 0) is 35.0 Å². The van der Waals surface area contributed by atoms with E-state index >= 15 is 0 Å². The van der Waals surface area contributed by atoms with E-state index in [1.807, 2.05) is 0 Å². The monoisotopic (exact) mass is 254 g/mol. The zero-order valence-corrected chi connectivity index (χ0v) is 9.00. The van der Waals surface area contributed by atoms with Gasteiger partial charge in [-0.2, -0.15) is 0 Å². The van der Waals surface area contributed by atoms with E-state index in [4.69, 9.17) is 8.83 Å². The average Bonchev–Trinajstić information content (AvgIpc) is 2.73. The Morgan fingerprint density at radius 2 is 2.00 bits per heavy atom.